The van der Waals surface area contributed by atoms with E-state index in [4.69, 9.17) is 0 Å². The van der Waals surface area contributed by atoms with Crippen LogP contribution in [0.3, 0.4) is 0 Å². The van der Waals surface area contributed by atoms with Gasteiger partial charge in [-0.05, 0) is 56.8 Å². The molecule has 0 aromatic heterocycles. The number of rotatable bonds is 38. The molecule has 0 aromatic carbocycles. The summed E-state index contributed by atoms with van der Waals surface area (Å²) in [4.78, 5) is 0. The van der Waals surface area contributed by atoms with E-state index in [1.165, 1.54) is 173 Å². The van der Waals surface area contributed by atoms with Crippen LogP contribution in [0.4, 0.5) is 0 Å². The fourth-order valence-electron chi connectivity index (χ4n) is 6.62. The average molecular weight is 695 g/mol. The molecule has 0 saturated heterocycles. The molecule has 284 valence electrons. The number of hydrogen-bond donors (Lipinski definition) is 1. The van der Waals surface area contributed by atoms with Gasteiger partial charge in [0.15, 0.2) is 0 Å². The Morgan fingerprint density at radius 1 is 0.375 bits per heavy atom. The van der Waals surface area contributed by atoms with Crippen molar-refractivity contribution in [2.75, 3.05) is 5.88 Å². The minimum Gasteiger partial charge on any atom is -0.281 e. The van der Waals surface area contributed by atoms with Crippen LogP contribution in [0.25, 0.3) is 0 Å². The van der Waals surface area contributed by atoms with Crippen LogP contribution in [-0.4, -0.2) is 23.3 Å². The maximum atomic E-state index is 12.2. The summed E-state index contributed by atoms with van der Waals surface area (Å²) in [6.07, 6.45) is 54.6. The van der Waals surface area contributed by atoms with Crippen LogP contribution in [0, 0.1) is 0 Å². The number of unbranched alkanes of at least 4 members (excludes halogenated alkanes) is 30. The fourth-order valence-corrected chi connectivity index (χ4v) is 7.45. The number of hydrogen-bond acceptors (Lipinski definition) is 2. The zero-order valence-corrected chi connectivity index (χ0v) is 33.4. The van der Waals surface area contributed by atoms with Gasteiger partial charge in [0.2, 0.25) is 5.88 Å². The lowest BCUT2D eigenvalue weighted by atomic mass is 10.1. The van der Waals surface area contributed by atoms with Crippen LogP contribution in [0.5, 0.6) is 0 Å². The van der Waals surface area contributed by atoms with Crippen LogP contribution in [0.2, 0.25) is 0 Å². The van der Waals surface area contributed by atoms with Crippen molar-refractivity contribution in [2.24, 2.45) is 0 Å². The standard InChI is InChI=1S/C43H83NO3S/c1-4-7-10-13-16-19-22-25-28-31-34-37-40-44(43-48(45,46)47,41-38-35-32-29-26-23-20-17-14-11-8-5-2)42-39-36-33-30-27-24-21-18-15-12-9-6-3/h37-42H,4-36,43H2,1-3H3/p+1/b40-37+,41-38+,42-39+. The van der Waals surface area contributed by atoms with Crippen molar-refractivity contribution in [3.8, 4) is 0 Å². The van der Waals surface area contributed by atoms with E-state index >= 15 is 0 Å². The van der Waals surface area contributed by atoms with Crippen LogP contribution in [0.1, 0.15) is 233 Å². The van der Waals surface area contributed by atoms with Gasteiger partial charge >= 0.3 is 10.1 Å². The fraction of sp³-hybridized carbons (Fsp3) is 0.860. The third kappa shape index (κ3) is 34.9. The lowest BCUT2D eigenvalue weighted by Gasteiger charge is -2.25. The third-order valence-electron chi connectivity index (χ3n) is 9.71. The predicted octanol–water partition coefficient (Wildman–Crippen LogP) is 15.1. The van der Waals surface area contributed by atoms with Gasteiger partial charge in [0.05, 0.1) is 0 Å². The van der Waals surface area contributed by atoms with Gasteiger partial charge in [-0.2, -0.15) is 8.42 Å². The van der Waals surface area contributed by atoms with E-state index in [1.807, 2.05) is 18.6 Å². The molecular formula is C43H84NO3S+. The van der Waals surface area contributed by atoms with Crippen molar-refractivity contribution in [1.29, 1.82) is 0 Å². The molecule has 48 heavy (non-hydrogen) atoms. The molecule has 0 rings (SSSR count). The molecule has 0 radical (unpaired) electrons. The van der Waals surface area contributed by atoms with E-state index in [1.54, 1.807) is 0 Å². The Balaban J connectivity index is 4.91. The van der Waals surface area contributed by atoms with Crippen molar-refractivity contribution in [1.82, 2.24) is 0 Å². The van der Waals surface area contributed by atoms with E-state index in [-0.39, 0.29) is 10.4 Å². The number of quaternary nitrogens is 1. The molecule has 0 saturated carbocycles. The Morgan fingerprint density at radius 3 is 0.792 bits per heavy atom. The van der Waals surface area contributed by atoms with Crippen LogP contribution < -0.4 is 0 Å². The highest BCUT2D eigenvalue weighted by Crippen LogP contribution is 2.20. The zero-order valence-electron chi connectivity index (χ0n) is 32.6. The van der Waals surface area contributed by atoms with Gasteiger partial charge in [-0.1, -0.05) is 194 Å². The Labute approximate surface area is 302 Å². The first-order chi connectivity index (χ1) is 23.4. The highest BCUT2D eigenvalue weighted by Gasteiger charge is 2.26. The maximum absolute atomic E-state index is 12.2. The Morgan fingerprint density at radius 2 is 0.583 bits per heavy atom. The second-order valence-electron chi connectivity index (χ2n) is 14.8. The van der Waals surface area contributed by atoms with Crippen molar-refractivity contribution in [3.05, 3.63) is 36.8 Å². The van der Waals surface area contributed by atoms with Gasteiger partial charge < -0.3 is 0 Å². The van der Waals surface area contributed by atoms with Gasteiger partial charge in [-0.15, -0.1) is 0 Å². The Kier molecular flexibility index (Phi) is 35.2. The normalized spacial score (nSPS) is 12.8. The van der Waals surface area contributed by atoms with Crippen molar-refractivity contribution < 1.29 is 17.5 Å². The molecule has 5 heteroatoms. The molecule has 0 bridgehead atoms. The summed E-state index contributed by atoms with van der Waals surface area (Å²) in [6, 6.07) is 0. The number of allylic oxidation sites excluding steroid dienone is 3. The quantitative estimate of drug-likeness (QED) is 0.0398. The van der Waals surface area contributed by atoms with Crippen molar-refractivity contribution >= 4 is 10.1 Å². The maximum Gasteiger partial charge on any atom is 0.317 e. The molecule has 1 N–H and O–H groups in total. The van der Waals surface area contributed by atoms with Crippen LogP contribution in [-0.2, 0) is 10.1 Å². The average Bonchev–Trinajstić information content (AvgIpc) is 3.05. The van der Waals surface area contributed by atoms with Gasteiger partial charge in [0, 0.05) is 0 Å². The first-order valence-electron chi connectivity index (χ1n) is 21.2. The molecular weight excluding hydrogens is 611 g/mol. The third-order valence-corrected chi connectivity index (χ3v) is 10.5. The second-order valence-corrected chi connectivity index (χ2v) is 16.2. The van der Waals surface area contributed by atoms with Gasteiger partial charge in [-0.3, -0.25) is 4.55 Å². The largest absolute Gasteiger partial charge is 0.317 e. The molecule has 0 fully saturated rings. The van der Waals surface area contributed by atoms with Gasteiger partial charge in [0.25, 0.3) is 0 Å². The summed E-state index contributed by atoms with van der Waals surface area (Å²) in [6.45, 7) is 6.81. The highest BCUT2D eigenvalue weighted by atomic mass is 32.2. The second kappa shape index (κ2) is 35.9. The molecule has 0 aliphatic rings. The molecule has 0 unspecified atom stereocenters. The molecule has 0 heterocycles. The van der Waals surface area contributed by atoms with Gasteiger partial charge in [0.1, 0.15) is 18.6 Å². The van der Waals surface area contributed by atoms with Crippen LogP contribution in [0.15, 0.2) is 36.8 Å². The van der Waals surface area contributed by atoms with Crippen LogP contribution >= 0.6 is 0 Å². The molecule has 0 aliphatic heterocycles. The van der Waals surface area contributed by atoms with Crippen molar-refractivity contribution in [2.45, 2.75) is 233 Å². The topological polar surface area (TPSA) is 54.4 Å². The minimum atomic E-state index is -4.16. The molecule has 0 atom stereocenters. The first kappa shape index (κ1) is 47.1. The molecule has 4 nitrogen and oxygen atoms in total. The Bertz CT molecular complexity index is 765. The van der Waals surface area contributed by atoms with E-state index < -0.39 is 10.1 Å². The summed E-state index contributed by atoms with van der Waals surface area (Å²) >= 11 is 0. The lowest BCUT2D eigenvalue weighted by molar-refractivity contribution is -0.760. The smallest absolute Gasteiger partial charge is 0.281 e. The zero-order chi connectivity index (χ0) is 35.3. The SMILES string of the molecule is CCCCCCCCCCCC/C=C/[N+](/C=C/CCCCCCCCCCCC)(/C=C/CCCCCCCCCCCC)CS(=O)(=O)O. The summed E-state index contributed by atoms with van der Waals surface area (Å²) in [5.74, 6) is -0.343. The van der Waals surface area contributed by atoms with E-state index in [0.717, 1.165) is 38.5 Å². The van der Waals surface area contributed by atoms with E-state index in [2.05, 4.69) is 39.0 Å². The summed E-state index contributed by atoms with van der Waals surface area (Å²) < 4.78 is 34.5. The number of nitrogens with zero attached hydrogens (tertiary/aromatic N) is 1. The van der Waals surface area contributed by atoms with Gasteiger partial charge in [-0.25, -0.2) is 4.48 Å². The summed E-state index contributed by atoms with van der Waals surface area (Å²) in [5.41, 5.74) is 0. The molecule has 0 aliphatic carbocycles. The van der Waals surface area contributed by atoms with E-state index in [0.29, 0.717) is 0 Å². The van der Waals surface area contributed by atoms with E-state index in [9.17, 15) is 13.0 Å². The predicted molar refractivity (Wildman–Crippen MR) is 213 cm³/mol. The first-order valence-corrected chi connectivity index (χ1v) is 22.9. The molecule has 0 amide bonds. The molecule has 0 aromatic rings. The van der Waals surface area contributed by atoms with Crippen molar-refractivity contribution in [3.63, 3.8) is 0 Å². The highest BCUT2D eigenvalue weighted by molar-refractivity contribution is 7.85. The monoisotopic (exact) mass is 695 g/mol. The lowest BCUT2D eigenvalue weighted by Crippen LogP contribution is -2.36. The summed E-state index contributed by atoms with van der Waals surface area (Å²) in [7, 11) is -4.16. The Hall–Kier alpha value is -0.910. The minimum absolute atomic E-state index is 0.0477. The molecule has 0 spiro atoms. The summed E-state index contributed by atoms with van der Waals surface area (Å²) in [5, 5.41) is 0.